The summed E-state index contributed by atoms with van der Waals surface area (Å²) in [6.45, 7) is 6.07. The van der Waals surface area contributed by atoms with Gasteiger partial charge < -0.3 is 25.4 Å². The van der Waals surface area contributed by atoms with Gasteiger partial charge in [-0.25, -0.2) is 13.6 Å². The molecule has 10 heteroatoms. The summed E-state index contributed by atoms with van der Waals surface area (Å²) < 4.78 is 32.8. The van der Waals surface area contributed by atoms with Crippen molar-refractivity contribution in [1.29, 1.82) is 0 Å². The smallest absolute Gasteiger partial charge is 0.408 e. The van der Waals surface area contributed by atoms with Crippen LogP contribution in [0.25, 0.3) is 0 Å². The number of likely N-dealkylation sites (tertiary alicyclic amines) is 1. The van der Waals surface area contributed by atoms with Gasteiger partial charge in [-0.3, -0.25) is 9.59 Å². The number of anilines is 1. The number of carbonyl (C=O) groups excluding carboxylic acids is 3. The van der Waals surface area contributed by atoms with E-state index in [9.17, 15) is 23.2 Å². The molecule has 0 aromatic heterocycles. The molecule has 1 aromatic carbocycles. The number of hydrogen-bond acceptors (Lipinski definition) is 5. The van der Waals surface area contributed by atoms with Crippen LogP contribution in [0.15, 0.2) is 12.1 Å². The van der Waals surface area contributed by atoms with Gasteiger partial charge in [-0.1, -0.05) is 0 Å². The lowest BCUT2D eigenvalue weighted by Crippen LogP contribution is -2.52. The number of amides is 3. The molecule has 30 heavy (non-hydrogen) atoms. The Kier molecular flexibility index (Phi) is 7.35. The van der Waals surface area contributed by atoms with Crippen LogP contribution in [0.2, 0.25) is 0 Å². The zero-order valence-corrected chi connectivity index (χ0v) is 17.4. The number of carbonyl (C=O) groups is 3. The van der Waals surface area contributed by atoms with Gasteiger partial charge in [0.1, 0.15) is 29.3 Å². The maximum atomic E-state index is 13.8. The molecule has 3 amide bonds. The van der Waals surface area contributed by atoms with E-state index in [0.29, 0.717) is 19.4 Å². The first kappa shape index (κ1) is 23.5. The fourth-order valence-electron chi connectivity index (χ4n) is 3.15. The largest absolute Gasteiger partial charge is 0.444 e. The number of nitrogens with one attached hydrogen (secondary N) is 2. The third-order valence-corrected chi connectivity index (χ3v) is 4.51. The van der Waals surface area contributed by atoms with Gasteiger partial charge in [-0.2, -0.15) is 0 Å². The number of ether oxygens (including phenoxy) is 1. The van der Waals surface area contributed by atoms with Crippen molar-refractivity contribution in [3.8, 4) is 0 Å². The number of rotatable bonds is 5. The lowest BCUT2D eigenvalue weighted by atomic mass is 10.1. The highest BCUT2D eigenvalue weighted by atomic mass is 19.1. The number of aliphatic hydroxyl groups excluding tert-OH is 1. The third kappa shape index (κ3) is 5.88. The van der Waals surface area contributed by atoms with Crippen molar-refractivity contribution in [2.24, 2.45) is 0 Å². The minimum Gasteiger partial charge on any atom is -0.444 e. The Labute approximate surface area is 173 Å². The van der Waals surface area contributed by atoms with Crippen LogP contribution in [-0.4, -0.2) is 52.1 Å². The fourth-order valence-corrected chi connectivity index (χ4v) is 3.15. The highest BCUT2D eigenvalue weighted by Gasteiger charge is 2.36. The number of benzene rings is 1. The number of alkyl carbamates (subject to hydrolysis) is 1. The first-order valence-corrected chi connectivity index (χ1v) is 9.62. The molecular formula is C20H27F2N3O5. The molecule has 1 fully saturated rings. The van der Waals surface area contributed by atoms with Crippen LogP contribution >= 0.6 is 0 Å². The highest BCUT2D eigenvalue weighted by molar-refractivity contribution is 5.98. The van der Waals surface area contributed by atoms with E-state index in [-0.39, 0.29) is 5.69 Å². The monoisotopic (exact) mass is 427 g/mol. The molecule has 0 saturated carbocycles. The predicted molar refractivity (Wildman–Crippen MR) is 104 cm³/mol. The molecule has 2 rings (SSSR count). The SMILES string of the molecule is C[C@@H](NC(=O)OC(C)(C)C)C(=O)N1CCC[C@H]1C(=O)Nc1cc(F)c(CO)c(F)c1. The second-order valence-corrected chi connectivity index (χ2v) is 8.12. The van der Waals surface area contributed by atoms with E-state index in [1.165, 1.54) is 11.8 Å². The van der Waals surface area contributed by atoms with E-state index in [1.54, 1.807) is 20.8 Å². The van der Waals surface area contributed by atoms with Crippen LogP contribution in [0.5, 0.6) is 0 Å². The van der Waals surface area contributed by atoms with Crippen LogP contribution in [0, 0.1) is 11.6 Å². The summed E-state index contributed by atoms with van der Waals surface area (Å²) in [7, 11) is 0. The summed E-state index contributed by atoms with van der Waals surface area (Å²) in [6.07, 6.45) is 0.185. The van der Waals surface area contributed by atoms with Crippen LogP contribution < -0.4 is 10.6 Å². The summed E-state index contributed by atoms with van der Waals surface area (Å²) in [6, 6.07) is 0.0386. The molecule has 1 heterocycles. The second-order valence-electron chi connectivity index (χ2n) is 8.12. The first-order chi connectivity index (χ1) is 13.9. The molecule has 0 spiro atoms. The molecule has 8 nitrogen and oxygen atoms in total. The van der Waals surface area contributed by atoms with E-state index in [2.05, 4.69) is 10.6 Å². The molecule has 2 atom stereocenters. The van der Waals surface area contributed by atoms with Crippen LogP contribution in [0.4, 0.5) is 19.3 Å². The average Bonchev–Trinajstić information content (AvgIpc) is 3.08. The molecule has 1 aliphatic rings. The van der Waals surface area contributed by atoms with Crippen molar-refractivity contribution in [2.75, 3.05) is 11.9 Å². The topological polar surface area (TPSA) is 108 Å². The zero-order valence-electron chi connectivity index (χ0n) is 17.4. The van der Waals surface area contributed by atoms with E-state index in [0.717, 1.165) is 12.1 Å². The number of hydrogen-bond donors (Lipinski definition) is 3. The predicted octanol–water partition coefficient (Wildman–Crippen LogP) is 2.30. The molecular weight excluding hydrogens is 400 g/mol. The van der Waals surface area contributed by atoms with Gasteiger partial charge in [0.25, 0.3) is 0 Å². The molecule has 1 saturated heterocycles. The standard InChI is InChI=1S/C20H27F2N3O5/c1-11(23-19(29)30-20(2,3)4)18(28)25-7-5-6-16(25)17(27)24-12-8-14(21)13(10-26)15(22)9-12/h8-9,11,16,26H,5-7,10H2,1-4H3,(H,23,29)(H,24,27)/t11-,16+/m1/s1. The second kappa shape index (κ2) is 9.38. The van der Waals surface area contributed by atoms with Gasteiger partial charge in [0.2, 0.25) is 11.8 Å². The Morgan fingerprint density at radius 1 is 1.27 bits per heavy atom. The molecule has 166 valence electrons. The maximum Gasteiger partial charge on any atom is 0.408 e. The zero-order chi connectivity index (χ0) is 22.6. The van der Waals surface area contributed by atoms with Crippen LogP contribution in [-0.2, 0) is 20.9 Å². The van der Waals surface area contributed by atoms with Crippen LogP contribution in [0.3, 0.4) is 0 Å². The fraction of sp³-hybridized carbons (Fsp3) is 0.550. The molecule has 0 radical (unpaired) electrons. The number of halogens is 2. The summed E-state index contributed by atoms with van der Waals surface area (Å²) in [5, 5.41) is 13.8. The van der Waals surface area contributed by atoms with Crippen molar-refractivity contribution in [3.63, 3.8) is 0 Å². The van der Waals surface area contributed by atoms with E-state index in [4.69, 9.17) is 9.84 Å². The van der Waals surface area contributed by atoms with Gasteiger partial charge in [0.15, 0.2) is 0 Å². The molecule has 1 aromatic rings. The lowest BCUT2D eigenvalue weighted by Gasteiger charge is -2.28. The summed E-state index contributed by atoms with van der Waals surface area (Å²) in [5.74, 6) is -3.03. The number of nitrogens with zero attached hydrogens (tertiary/aromatic N) is 1. The molecule has 1 aliphatic heterocycles. The van der Waals surface area contributed by atoms with E-state index < -0.39 is 59.4 Å². The van der Waals surface area contributed by atoms with Crippen LogP contribution in [0.1, 0.15) is 46.1 Å². The Morgan fingerprint density at radius 3 is 2.40 bits per heavy atom. The van der Waals surface area contributed by atoms with Gasteiger partial charge >= 0.3 is 6.09 Å². The Hall–Kier alpha value is -2.75. The van der Waals surface area contributed by atoms with Crippen molar-refractivity contribution >= 4 is 23.6 Å². The molecule has 0 bridgehead atoms. The Bertz CT molecular complexity index is 802. The van der Waals surface area contributed by atoms with E-state index in [1.807, 2.05) is 0 Å². The summed E-state index contributed by atoms with van der Waals surface area (Å²) in [5.41, 5.74) is -1.34. The number of aliphatic hydroxyl groups is 1. The summed E-state index contributed by atoms with van der Waals surface area (Å²) >= 11 is 0. The molecule has 0 unspecified atom stereocenters. The normalized spacial score (nSPS) is 17.4. The first-order valence-electron chi connectivity index (χ1n) is 9.62. The summed E-state index contributed by atoms with van der Waals surface area (Å²) in [4.78, 5) is 38.6. The van der Waals surface area contributed by atoms with Gasteiger partial charge in [0, 0.05) is 17.8 Å². The van der Waals surface area contributed by atoms with Crippen molar-refractivity contribution in [1.82, 2.24) is 10.2 Å². The highest BCUT2D eigenvalue weighted by Crippen LogP contribution is 2.23. The van der Waals surface area contributed by atoms with E-state index >= 15 is 0 Å². The van der Waals surface area contributed by atoms with Gasteiger partial charge in [-0.05, 0) is 52.7 Å². The molecule has 3 N–H and O–H groups in total. The van der Waals surface area contributed by atoms with Crippen molar-refractivity contribution < 1.29 is 33.0 Å². The van der Waals surface area contributed by atoms with Crippen molar-refractivity contribution in [2.45, 2.75) is 64.8 Å². The van der Waals surface area contributed by atoms with Gasteiger partial charge in [-0.15, -0.1) is 0 Å². The lowest BCUT2D eigenvalue weighted by molar-refractivity contribution is -0.138. The minimum absolute atomic E-state index is 0.119. The Balaban J connectivity index is 2.05. The maximum absolute atomic E-state index is 13.8. The Morgan fingerprint density at radius 2 is 1.87 bits per heavy atom. The van der Waals surface area contributed by atoms with Crippen molar-refractivity contribution in [3.05, 3.63) is 29.3 Å². The third-order valence-electron chi connectivity index (χ3n) is 4.51. The van der Waals surface area contributed by atoms with Gasteiger partial charge in [0.05, 0.1) is 6.61 Å². The minimum atomic E-state index is -0.984. The average molecular weight is 427 g/mol. The molecule has 0 aliphatic carbocycles. The quantitative estimate of drug-likeness (QED) is 0.668.